The highest BCUT2D eigenvalue weighted by Crippen LogP contribution is 2.25. The third-order valence-corrected chi connectivity index (χ3v) is 4.17. The van der Waals surface area contributed by atoms with E-state index in [0.29, 0.717) is 13.1 Å². The molecule has 0 aromatic heterocycles. The van der Waals surface area contributed by atoms with Gasteiger partial charge in [-0.1, -0.05) is 68.4 Å². The third-order valence-electron chi connectivity index (χ3n) is 4.17. The highest BCUT2D eigenvalue weighted by atomic mass is 16.2. The predicted octanol–water partition coefficient (Wildman–Crippen LogP) is 4.11. The average Bonchev–Trinajstić information content (AvgIpc) is 2.54. The monoisotopic (exact) mass is 310 g/mol. The van der Waals surface area contributed by atoms with Gasteiger partial charge in [-0.05, 0) is 23.6 Å². The lowest BCUT2D eigenvalue weighted by Crippen LogP contribution is -2.43. The van der Waals surface area contributed by atoms with Gasteiger partial charge in [0, 0.05) is 25.6 Å². The van der Waals surface area contributed by atoms with E-state index < -0.39 is 0 Å². The fourth-order valence-electron chi connectivity index (χ4n) is 2.79. The number of rotatable bonds is 5. The van der Waals surface area contributed by atoms with Gasteiger partial charge in [0.1, 0.15) is 0 Å². The van der Waals surface area contributed by atoms with Crippen molar-refractivity contribution >= 4 is 6.03 Å². The Balaban J connectivity index is 1.94. The molecule has 0 radical (unpaired) electrons. The number of aryl methyl sites for hydroxylation is 1. The third kappa shape index (κ3) is 4.59. The van der Waals surface area contributed by atoms with E-state index >= 15 is 0 Å². The van der Waals surface area contributed by atoms with Crippen LogP contribution in [0.3, 0.4) is 0 Å². The summed E-state index contributed by atoms with van der Waals surface area (Å²) in [5.41, 5.74) is 3.55. The lowest BCUT2D eigenvalue weighted by molar-refractivity contribution is 0.204. The Hall–Kier alpha value is -2.29. The van der Waals surface area contributed by atoms with Gasteiger partial charge in [-0.3, -0.25) is 0 Å². The Kier molecular flexibility index (Phi) is 5.43. The van der Waals surface area contributed by atoms with Gasteiger partial charge in [0.25, 0.3) is 0 Å². The van der Waals surface area contributed by atoms with Gasteiger partial charge < -0.3 is 10.2 Å². The fourth-order valence-corrected chi connectivity index (χ4v) is 2.79. The number of carbonyl (C=O) groups excluding carboxylic acids is 1. The van der Waals surface area contributed by atoms with Crippen LogP contribution in [0.4, 0.5) is 4.79 Å². The number of hydrogen-bond donors (Lipinski definition) is 1. The molecular formula is C20H26N2O. The zero-order chi connectivity index (χ0) is 16.9. The first kappa shape index (κ1) is 17.1. The van der Waals surface area contributed by atoms with E-state index in [9.17, 15) is 4.79 Å². The van der Waals surface area contributed by atoms with Crippen LogP contribution in [0.2, 0.25) is 0 Å². The van der Waals surface area contributed by atoms with Crippen molar-refractivity contribution in [2.75, 3.05) is 13.6 Å². The molecule has 3 nitrogen and oxygen atoms in total. The zero-order valence-electron chi connectivity index (χ0n) is 14.5. The van der Waals surface area contributed by atoms with Gasteiger partial charge in [0.2, 0.25) is 0 Å². The highest BCUT2D eigenvalue weighted by molar-refractivity contribution is 5.74. The Bertz CT molecular complexity index is 650. The van der Waals surface area contributed by atoms with Crippen LogP contribution in [0.1, 0.15) is 30.5 Å². The van der Waals surface area contributed by atoms with Crippen molar-refractivity contribution in [1.29, 1.82) is 0 Å². The number of carbonyl (C=O) groups is 1. The average molecular weight is 310 g/mol. The Labute approximate surface area is 139 Å². The maximum Gasteiger partial charge on any atom is 0.317 e. The number of nitrogens with one attached hydrogen (secondary N) is 1. The molecule has 1 N–H and O–H groups in total. The number of urea groups is 1. The first-order chi connectivity index (χ1) is 10.9. The molecule has 0 saturated heterocycles. The molecule has 0 aliphatic carbocycles. The molecule has 0 aliphatic rings. The van der Waals surface area contributed by atoms with Crippen molar-refractivity contribution in [3.63, 3.8) is 0 Å². The summed E-state index contributed by atoms with van der Waals surface area (Å²) in [6, 6.07) is 18.3. The van der Waals surface area contributed by atoms with Gasteiger partial charge >= 0.3 is 6.03 Å². The molecule has 0 atom stereocenters. The lowest BCUT2D eigenvalue weighted by Gasteiger charge is -2.29. The Morgan fingerprint density at radius 1 is 1.04 bits per heavy atom. The number of amides is 2. The van der Waals surface area contributed by atoms with Crippen LogP contribution in [0.25, 0.3) is 0 Å². The quantitative estimate of drug-likeness (QED) is 0.885. The highest BCUT2D eigenvalue weighted by Gasteiger charge is 2.23. The van der Waals surface area contributed by atoms with Gasteiger partial charge in [-0.15, -0.1) is 0 Å². The molecule has 0 aliphatic heterocycles. The van der Waals surface area contributed by atoms with Crippen LogP contribution in [0.15, 0.2) is 54.6 Å². The summed E-state index contributed by atoms with van der Waals surface area (Å²) in [5.74, 6) is 0. The van der Waals surface area contributed by atoms with E-state index in [1.54, 1.807) is 4.90 Å². The molecule has 0 saturated carbocycles. The topological polar surface area (TPSA) is 32.3 Å². The van der Waals surface area contributed by atoms with E-state index in [-0.39, 0.29) is 11.4 Å². The maximum absolute atomic E-state index is 12.3. The van der Waals surface area contributed by atoms with Crippen LogP contribution < -0.4 is 5.32 Å². The molecule has 0 unspecified atom stereocenters. The Morgan fingerprint density at radius 2 is 1.65 bits per heavy atom. The molecule has 0 heterocycles. The van der Waals surface area contributed by atoms with Gasteiger partial charge in [-0.2, -0.15) is 0 Å². The lowest BCUT2D eigenvalue weighted by atomic mass is 9.82. The second-order valence-electron chi connectivity index (χ2n) is 6.70. The molecule has 3 heteroatoms. The van der Waals surface area contributed by atoms with Crippen molar-refractivity contribution in [2.45, 2.75) is 32.7 Å². The first-order valence-electron chi connectivity index (χ1n) is 7.99. The van der Waals surface area contributed by atoms with Crippen LogP contribution in [0.5, 0.6) is 0 Å². The van der Waals surface area contributed by atoms with E-state index in [1.165, 1.54) is 11.1 Å². The Morgan fingerprint density at radius 3 is 2.30 bits per heavy atom. The van der Waals surface area contributed by atoms with Gasteiger partial charge in [-0.25, -0.2) is 4.79 Å². The maximum atomic E-state index is 12.3. The summed E-state index contributed by atoms with van der Waals surface area (Å²) in [6.45, 7) is 7.65. The molecule has 2 amide bonds. The van der Waals surface area contributed by atoms with Gasteiger partial charge in [0.05, 0.1) is 0 Å². The molecular weight excluding hydrogens is 284 g/mol. The minimum absolute atomic E-state index is 0.0458. The van der Waals surface area contributed by atoms with Crippen LogP contribution in [0, 0.1) is 6.92 Å². The van der Waals surface area contributed by atoms with Crippen LogP contribution in [-0.4, -0.2) is 24.5 Å². The minimum atomic E-state index is -0.103. The SMILES string of the molecule is Cc1ccccc1C(C)(C)CNC(=O)N(C)Cc1ccccc1. The number of nitrogens with zero attached hydrogens (tertiary/aromatic N) is 1. The standard InChI is InChI=1S/C20H26N2O/c1-16-10-8-9-13-18(16)20(2,3)15-21-19(23)22(4)14-17-11-6-5-7-12-17/h5-13H,14-15H2,1-4H3,(H,21,23). The molecule has 2 aromatic rings. The van der Waals surface area contributed by atoms with Crippen molar-refractivity contribution in [3.05, 3.63) is 71.3 Å². The number of hydrogen-bond acceptors (Lipinski definition) is 1. The molecule has 23 heavy (non-hydrogen) atoms. The normalized spacial score (nSPS) is 11.1. The fraction of sp³-hybridized carbons (Fsp3) is 0.350. The van der Waals surface area contributed by atoms with E-state index in [2.05, 4.69) is 38.2 Å². The molecule has 122 valence electrons. The summed E-state index contributed by atoms with van der Waals surface area (Å²) < 4.78 is 0. The zero-order valence-corrected chi connectivity index (χ0v) is 14.5. The minimum Gasteiger partial charge on any atom is -0.337 e. The van der Waals surface area contributed by atoms with Gasteiger partial charge in [0.15, 0.2) is 0 Å². The van der Waals surface area contributed by atoms with E-state index in [4.69, 9.17) is 0 Å². The summed E-state index contributed by atoms with van der Waals surface area (Å²) in [5, 5.41) is 3.06. The molecule has 2 aromatic carbocycles. The van der Waals surface area contributed by atoms with E-state index in [1.807, 2.05) is 49.5 Å². The van der Waals surface area contributed by atoms with Crippen molar-refractivity contribution in [2.24, 2.45) is 0 Å². The molecule has 2 rings (SSSR count). The van der Waals surface area contributed by atoms with Crippen molar-refractivity contribution < 1.29 is 4.79 Å². The predicted molar refractivity (Wildman–Crippen MR) is 95.5 cm³/mol. The van der Waals surface area contributed by atoms with Crippen molar-refractivity contribution in [3.8, 4) is 0 Å². The van der Waals surface area contributed by atoms with Crippen LogP contribution in [-0.2, 0) is 12.0 Å². The first-order valence-corrected chi connectivity index (χ1v) is 7.99. The summed E-state index contributed by atoms with van der Waals surface area (Å²) in [7, 11) is 1.82. The molecule has 0 bridgehead atoms. The molecule has 0 spiro atoms. The largest absolute Gasteiger partial charge is 0.337 e. The summed E-state index contributed by atoms with van der Waals surface area (Å²) in [4.78, 5) is 14.0. The smallest absolute Gasteiger partial charge is 0.317 e. The van der Waals surface area contributed by atoms with Crippen molar-refractivity contribution in [1.82, 2.24) is 10.2 Å². The molecule has 0 fully saturated rings. The second kappa shape index (κ2) is 7.32. The van der Waals surface area contributed by atoms with Crippen LogP contribution >= 0.6 is 0 Å². The second-order valence-corrected chi connectivity index (χ2v) is 6.70. The summed E-state index contributed by atoms with van der Waals surface area (Å²) >= 11 is 0. The summed E-state index contributed by atoms with van der Waals surface area (Å²) in [6.07, 6.45) is 0. The van der Waals surface area contributed by atoms with E-state index in [0.717, 1.165) is 5.56 Å². The number of benzene rings is 2.